The zero-order valence-electron chi connectivity index (χ0n) is 22.1. The molecule has 0 radical (unpaired) electrons. The van der Waals surface area contributed by atoms with Crippen LogP contribution < -0.4 is 11.1 Å². The van der Waals surface area contributed by atoms with Crippen molar-refractivity contribution in [1.29, 1.82) is 0 Å². The summed E-state index contributed by atoms with van der Waals surface area (Å²) in [6.07, 6.45) is 1.37. The molecule has 5 rings (SSSR count). The van der Waals surface area contributed by atoms with Crippen LogP contribution in [0, 0.1) is 0 Å². The third-order valence-corrected chi connectivity index (χ3v) is 7.85. The maximum Gasteiger partial charge on any atom is 0.492 e. The fourth-order valence-electron chi connectivity index (χ4n) is 4.95. The maximum atomic E-state index is 12.9. The predicted octanol–water partition coefficient (Wildman–Crippen LogP) is 6.48. The first-order chi connectivity index (χ1) is 18.0. The van der Waals surface area contributed by atoms with Gasteiger partial charge in [0.05, 0.1) is 11.2 Å². The van der Waals surface area contributed by atoms with Crippen LogP contribution in [0.1, 0.15) is 50.3 Å². The summed E-state index contributed by atoms with van der Waals surface area (Å²) < 4.78 is 18.3. The van der Waals surface area contributed by atoms with Crippen molar-refractivity contribution in [2.45, 2.75) is 44.8 Å². The first-order valence-corrected chi connectivity index (χ1v) is 13.1. The van der Waals surface area contributed by atoms with Crippen LogP contribution in [0.15, 0.2) is 72.2 Å². The molecule has 3 N–H and O–H groups in total. The van der Waals surface area contributed by atoms with E-state index in [1.165, 1.54) is 11.1 Å². The SMILES string of the molecule is CC1(C)OB(C(=Cc2cc(N)cc(Cl)c2)CNC(=O)OCC2c3ccccc3-c3ccccc32)OC1(C)C. The van der Waals surface area contributed by atoms with Gasteiger partial charge in [-0.15, -0.1) is 0 Å². The molecule has 0 bridgehead atoms. The van der Waals surface area contributed by atoms with Crippen molar-refractivity contribution in [2.24, 2.45) is 0 Å². The highest BCUT2D eigenvalue weighted by atomic mass is 35.5. The van der Waals surface area contributed by atoms with Crippen molar-refractivity contribution < 1.29 is 18.8 Å². The Morgan fingerprint density at radius 2 is 1.58 bits per heavy atom. The Balaban J connectivity index is 1.31. The first-order valence-electron chi connectivity index (χ1n) is 12.7. The van der Waals surface area contributed by atoms with Crippen LogP contribution in [0.2, 0.25) is 5.02 Å². The van der Waals surface area contributed by atoms with Gasteiger partial charge in [0.2, 0.25) is 0 Å². The lowest BCUT2D eigenvalue weighted by atomic mass is 9.77. The van der Waals surface area contributed by atoms with Gasteiger partial charge in [-0.25, -0.2) is 4.79 Å². The molecular weight excluding hydrogens is 499 g/mol. The molecule has 8 heteroatoms. The second kappa shape index (κ2) is 10.1. The van der Waals surface area contributed by atoms with E-state index in [4.69, 9.17) is 31.4 Å². The molecule has 196 valence electrons. The monoisotopic (exact) mass is 530 g/mol. The molecule has 0 unspecified atom stereocenters. The fraction of sp³-hybridized carbons (Fsp3) is 0.300. The van der Waals surface area contributed by atoms with Crippen molar-refractivity contribution in [3.05, 3.63) is 93.9 Å². The highest BCUT2D eigenvalue weighted by molar-refractivity contribution is 6.56. The number of benzene rings is 3. The quantitative estimate of drug-likeness (QED) is 0.282. The third-order valence-electron chi connectivity index (χ3n) is 7.63. The Bertz CT molecular complexity index is 1320. The Morgan fingerprint density at radius 3 is 2.16 bits per heavy atom. The highest BCUT2D eigenvalue weighted by Gasteiger charge is 2.52. The number of carbonyl (C=O) groups is 1. The first kappa shape index (κ1) is 26.4. The van der Waals surface area contributed by atoms with Crippen molar-refractivity contribution >= 4 is 36.6 Å². The minimum absolute atomic E-state index is 0.0132. The second-order valence-corrected chi connectivity index (χ2v) is 11.2. The lowest BCUT2D eigenvalue weighted by molar-refractivity contribution is 0.00578. The summed E-state index contributed by atoms with van der Waals surface area (Å²) in [5.41, 5.74) is 11.7. The molecule has 1 aliphatic heterocycles. The van der Waals surface area contributed by atoms with E-state index in [9.17, 15) is 4.79 Å². The topological polar surface area (TPSA) is 82.8 Å². The van der Waals surface area contributed by atoms with Gasteiger partial charge < -0.3 is 25.1 Å². The van der Waals surface area contributed by atoms with Gasteiger partial charge in [0, 0.05) is 23.2 Å². The molecule has 1 aliphatic carbocycles. The molecule has 1 heterocycles. The van der Waals surface area contributed by atoms with Gasteiger partial charge in [0.25, 0.3) is 0 Å². The minimum atomic E-state index is -0.658. The number of carbonyl (C=O) groups excluding carboxylic acids is 1. The van der Waals surface area contributed by atoms with Crippen LogP contribution in [0.5, 0.6) is 0 Å². The van der Waals surface area contributed by atoms with Crippen LogP contribution in [0.3, 0.4) is 0 Å². The van der Waals surface area contributed by atoms with Crippen LogP contribution in [0.25, 0.3) is 17.2 Å². The van der Waals surface area contributed by atoms with E-state index < -0.39 is 24.4 Å². The minimum Gasteiger partial charge on any atom is -0.449 e. The molecule has 0 aromatic heterocycles. The molecule has 38 heavy (non-hydrogen) atoms. The normalized spacial score (nSPS) is 17.7. The highest BCUT2D eigenvalue weighted by Crippen LogP contribution is 2.44. The number of halogens is 1. The van der Waals surface area contributed by atoms with E-state index in [2.05, 4.69) is 29.6 Å². The average Bonchev–Trinajstić information content (AvgIpc) is 3.29. The van der Waals surface area contributed by atoms with Gasteiger partial charge in [-0.05, 0) is 79.2 Å². The number of rotatable bonds is 6. The van der Waals surface area contributed by atoms with E-state index in [1.807, 2.05) is 64.1 Å². The largest absolute Gasteiger partial charge is 0.492 e. The lowest BCUT2D eigenvalue weighted by Gasteiger charge is -2.32. The number of nitrogens with two attached hydrogens (primary N) is 1. The van der Waals surface area contributed by atoms with Gasteiger partial charge in [0.1, 0.15) is 6.61 Å². The molecule has 3 aromatic carbocycles. The van der Waals surface area contributed by atoms with Crippen LogP contribution in [-0.2, 0) is 14.0 Å². The average molecular weight is 531 g/mol. The number of amides is 1. The lowest BCUT2D eigenvalue weighted by Crippen LogP contribution is -2.41. The smallest absolute Gasteiger partial charge is 0.449 e. The number of hydrogen-bond acceptors (Lipinski definition) is 5. The van der Waals surface area contributed by atoms with Crippen molar-refractivity contribution in [3.63, 3.8) is 0 Å². The van der Waals surface area contributed by atoms with E-state index in [0.29, 0.717) is 10.7 Å². The molecule has 1 amide bonds. The number of ether oxygens (including phenoxy) is 1. The van der Waals surface area contributed by atoms with E-state index in [-0.39, 0.29) is 19.1 Å². The summed E-state index contributed by atoms with van der Waals surface area (Å²) in [5, 5.41) is 3.40. The van der Waals surface area contributed by atoms with Crippen molar-refractivity contribution in [3.8, 4) is 11.1 Å². The number of hydrogen-bond donors (Lipinski definition) is 2. The fourth-order valence-corrected chi connectivity index (χ4v) is 5.21. The number of fused-ring (bicyclic) bond motifs is 3. The summed E-state index contributed by atoms with van der Waals surface area (Å²) in [6.45, 7) is 8.35. The number of alkyl carbamates (subject to hydrolysis) is 1. The van der Waals surface area contributed by atoms with Crippen LogP contribution in [0.4, 0.5) is 10.5 Å². The van der Waals surface area contributed by atoms with Crippen molar-refractivity contribution in [2.75, 3.05) is 18.9 Å². The van der Waals surface area contributed by atoms with Crippen molar-refractivity contribution in [1.82, 2.24) is 5.32 Å². The van der Waals surface area contributed by atoms with Crippen LogP contribution in [-0.4, -0.2) is 37.6 Å². The second-order valence-electron chi connectivity index (χ2n) is 10.8. The summed E-state index contributed by atoms with van der Waals surface area (Å²) in [6, 6.07) is 21.8. The van der Waals surface area contributed by atoms with Gasteiger partial charge in [-0.1, -0.05) is 66.2 Å². The van der Waals surface area contributed by atoms with E-state index in [1.54, 1.807) is 12.1 Å². The summed E-state index contributed by atoms with van der Waals surface area (Å²) in [7, 11) is -0.658. The predicted molar refractivity (Wildman–Crippen MR) is 153 cm³/mol. The van der Waals surface area contributed by atoms with E-state index in [0.717, 1.165) is 22.2 Å². The number of nitrogens with one attached hydrogen (secondary N) is 1. The van der Waals surface area contributed by atoms with Crippen LogP contribution >= 0.6 is 11.6 Å². The Labute approximate surface area is 229 Å². The van der Waals surface area contributed by atoms with Gasteiger partial charge in [-0.3, -0.25) is 0 Å². The molecule has 0 atom stereocenters. The standard InChI is InChI=1S/C30H32BClN2O4/c1-29(2)30(3,4)38-31(37-29)20(13-19-14-21(32)16-22(33)15-19)17-34-28(35)36-18-27-25-11-7-5-9-23(25)24-10-6-8-12-26(24)27/h5-16,27H,17-18,33H2,1-4H3,(H,34,35). The number of nitrogen functional groups attached to an aromatic ring is 1. The zero-order valence-corrected chi connectivity index (χ0v) is 22.8. The molecule has 0 spiro atoms. The molecule has 6 nitrogen and oxygen atoms in total. The Hall–Kier alpha value is -3.26. The molecule has 2 aliphatic rings. The van der Waals surface area contributed by atoms with Gasteiger partial charge >= 0.3 is 13.2 Å². The summed E-state index contributed by atoms with van der Waals surface area (Å²) in [5.74, 6) is -0.0132. The molecule has 0 saturated carbocycles. The third kappa shape index (κ3) is 5.19. The molecular formula is C30H32BClN2O4. The van der Waals surface area contributed by atoms with Gasteiger partial charge in [0.15, 0.2) is 0 Å². The Morgan fingerprint density at radius 1 is 1.00 bits per heavy atom. The molecule has 1 saturated heterocycles. The maximum absolute atomic E-state index is 12.9. The summed E-state index contributed by atoms with van der Waals surface area (Å²) in [4.78, 5) is 12.9. The number of anilines is 1. The Kier molecular flexibility index (Phi) is 7.03. The zero-order chi connectivity index (χ0) is 27.1. The molecule has 1 fully saturated rings. The summed E-state index contributed by atoms with van der Waals surface area (Å²) >= 11 is 6.23. The molecule has 3 aromatic rings. The van der Waals surface area contributed by atoms with Gasteiger partial charge in [-0.2, -0.15) is 0 Å². The van der Waals surface area contributed by atoms with E-state index >= 15 is 0 Å².